The van der Waals surface area contributed by atoms with Crippen molar-refractivity contribution in [2.75, 3.05) is 21.1 Å². The van der Waals surface area contributed by atoms with E-state index >= 15 is 0 Å². The van der Waals surface area contributed by atoms with Crippen LogP contribution >= 0.6 is 0 Å². The zero-order valence-electron chi connectivity index (χ0n) is 13.6. The summed E-state index contributed by atoms with van der Waals surface area (Å²) in [5, 5.41) is 0. The highest BCUT2D eigenvalue weighted by molar-refractivity contribution is 5.68. The van der Waals surface area contributed by atoms with Crippen LogP contribution in [0.3, 0.4) is 0 Å². The number of hydrogen-bond donors (Lipinski definition) is 0. The summed E-state index contributed by atoms with van der Waals surface area (Å²) in [4.78, 5) is 0. The second-order valence-electron chi connectivity index (χ2n) is 7.65. The Bertz CT molecular complexity index is 643. The van der Waals surface area contributed by atoms with Gasteiger partial charge in [-0.3, -0.25) is 4.48 Å². The Morgan fingerprint density at radius 3 is 1.95 bits per heavy atom. The fourth-order valence-electron chi connectivity index (χ4n) is 4.11. The van der Waals surface area contributed by atoms with Gasteiger partial charge in [0, 0.05) is 0 Å². The Morgan fingerprint density at radius 2 is 1.45 bits per heavy atom. The Balaban J connectivity index is 0.00000144. The van der Waals surface area contributed by atoms with E-state index in [1.165, 1.54) is 36.1 Å². The normalized spacial score (nSPS) is 25.5. The van der Waals surface area contributed by atoms with Crippen molar-refractivity contribution in [1.29, 1.82) is 0 Å². The Hall–Kier alpha value is -0.870. The molecule has 116 valence electrons. The predicted octanol–water partition coefficient (Wildman–Crippen LogP) is 1.57. The summed E-state index contributed by atoms with van der Waals surface area (Å²) in [7, 11) is 6.61. The number of halogens is 1. The van der Waals surface area contributed by atoms with Gasteiger partial charge in [-0.25, -0.2) is 0 Å². The van der Waals surface area contributed by atoms with Gasteiger partial charge in [0.25, 0.3) is 0 Å². The molecule has 0 N–H and O–H groups in total. The molecule has 0 aliphatic heterocycles. The molecule has 2 bridgehead atoms. The van der Waals surface area contributed by atoms with E-state index in [-0.39, 0.29) is 24.0 Å². The molecule has 0 amide bonds. The topological polar surface area (TPSA) is 0 Å². The van der Waals surface area contributed by atoms with Gasteiger partial charge in [-0.15, -0.1) is 0 Å². The van der Waals surface area contributed by atoms with E-state index in [0.717, 1.165) is 16.3 Å². The fraction of sp³-hybridized carbons (Fsp3) is 0.400. The maximum atomic E-state index is 2.44. The lowest BCUT2D eigenvalue weighted by atomic mass is 9.92. The van der Waals surface area contributed by atoms with E-state index < -0.39 is 0 Å². The van der Waals surface area contributed by atoms with Gasteiger partial charge in [-0.2, -0.15) is 0 Å². The molecule has 1 aromatic rings. The Kier molecular flexibility index (Phi) is 4.11. The van der Waals surface area contributed by atoms with Gasteiger partial charge in [0.15, 0.2) is 0 Å². The summed E-state index contributed by atoms with van der Waals surface area (Å²) in [6.07, 6.45) is 11.5. The quantitative estimate of drug-likeness (QED) is 0.518. The van der Waals surface area contributed by atoms with Crippen molar-refractivity contribution >= 4 is 11.8 Å². The van der Waals surface area contributed by atoms with Gasteiger partial charge in [0.1, 0.15) is 5.69 Å². The largest absolute Gasteiger partial charge is 1.00 e. The second kappa shape index (κ2) is 5.64. The van der Waals surface area contributed by atoms with Gasteiger partial charge < -0.3 is 24.0 Å². The van der Waals surface area contributed by atoms with E-state index in [2.05, 4.69) is 63.6 Å². The zero-order chi connectivity index (χ0) is 14.6. The second-order valence-corrected chi connectivity index (χ2v) is 7.65. The summed E-state index contributed by atoms with van der Waals surface area (Å²) in [6.45, 7) is 0. The lowest BCUT2D eigenvalue weighted by molar-refractivity contribution is -0.00000440. The van der Waals surface area contributed by atoms with Gasteiger partial charge >= 0.3 is 0 Å². The van der Waals surface area contributed by atoms with Crippen LogP contribution in [0, 0.1) is 11.8 Å². The number of quaternary nitrogens is 1. The monoisotopic (exact) mass is 405 g/mol. The maximum Gasteiger partial charge on any atom is 0.132 e. The first-order chi connectivity index (χ1) is 10.0. The van der Waals surface area contributed by atoms with E-state index in [9.17, 15) is 0 Å². The molecule has 3 aliphatic rings. The van der Waals surface area contributed by atoms with Crippen LogP contribution in [0.2, 0.25) is 0 Å². The summed E-state index contributed by atoms with van der Waals surface area (Å²) < 4.78 is 0.869. The third-order valence-electron chi connectivity index (χ3n) is 5.29. The average molecular weight is 405 g/mol. The number of allylic oxidation sites excluding steroid dienone is 5. The van der Waals surface area contributed by atoms with Crippen LogP contribution in [0.1, 0.15) is 24.8 Å². The molecule has 2 saturated carbocycles. The van der Waals surface area contributed by atoms with Crippen molar-refractivity contribution in [3.05, 3.63) is 58.7 Å². The van der Waals surface area contributed by atoms with E-state index in [4.69, 9.17) is 0 Å². The van der Waals surface area contributed by atoms with E-state index in [1.54, 1.807) is 11.1 Å². The average Bonchev–Trinajstić information content (AvgIpc) is 3.09. The molecule has 2 unspecified atom stereocenters. The third-order valence-corrected chi connectivity index (χ3v) is 5.29. The minimum Gasteiger partial charge on any atom is -1.00 e. The molecule has 4 rings (SSSR count). The smallest absolute Gasteiger partial charge is 0.132 e. The van der Waals surface area contributed by atoms with Crippen LogP contribution in [0.4, 0.5) is 5.69 Å². The highest BCUT2D eigenvalue weighted by atomic mass is 127. The molecule has 2 heteroatoms. The van der Waals surface area contributed by atoms with Crippen molar-refractivity contribution in [3.8, 4) is 0 Å². The van der Waals surface area contributed by atoms with Crippen molar-refractivity contribution in [2.45, 2.75) is 19.3 Å². The Morgan fingerprint density at radius 1 is 0.909 bits per heavy atom. The number of fused-ring (bicyclic) bond motifs is 5. The number of nitrogens with zero attached hydrogens (tertiary/aromatic N) is 1. The van der Waals surface area contributed by atoms with Gasteiger partial charge in [0.2, 0.25) is 0 Å². The summed E-state index contributed by atoms with van der Waals surface area (Å²) >= 11 is 0. The van der Waals surface area contributed by atoms with Crippen molar-refractivity contribution in [1.82, 2.24) is 4.48 Å². The molecule has 2 atom stereocenters. The van der Waals surface area contributed by atoms with Crippen LogP contribution in [0.15, 0.2) is 53.1 Å². The van der Waals surface area contributed by atoms with Crippen LogP contribution in [-0.4, -0.2) is 21.1 Å². The first-order valence-corrected chi connectivity index (χ1v) is 8.08. The molecule has 0 heterocycles. The summed E-state index contributed by atoms with van der Waals surface area (Å²) in [5.74, 6) is 1.74. The standard InChI is InChI=1S/C20H24N.HI/c1-21(2,3)18-8-4-14(5-9-18)10-15-11-19-16-6-7-17(13-16)20(19)12-15;/h4-5,8-12,16-17H,6-7,13H2,1-3H3;1H/q+1;/p-1. The lowest BCUT2D eigenvalue weighted by Crippen LogP contribution is -3.00. The fourth-order valence-corrected chi connectivity index (χ4v) is 4.11. The molecule has 22 heavy (non-hydrogen) atoms. The number of rotatable bonds is 2. The summed E-state index contributed by atoms with van der Waals surface area (Å²) in [5.41, 5.74) is 7.36. The van der Waals surface area contributed by atoms with Gasteiger partial charge in [-0.05, 0) is 83.7 Å². The minimum absolute atomic E-state index is 0. The van der Waals surface area contributed by atoms with Crippen LogP contribution in [-0.2, 0) is 0 Å². The van der Waals surface area contributed by atoms with Crippen LogP contribution in [0.5, 0.6) is 0 Å². The molecule has 1 aromatic carbocycles. The SMILES string of the molecule is C[N+](C)(C)c1ccc(C=C2C=C3C(=C2)C2CCC3C2)cc1.[I-]. The predicted molar refractivity (Wildman–Crippen MR) is 91.0 cm³/mol. The highest BCUT2D eigenvalue weighted by Crippen LogP contribution is 2.54. The third kappa shape index (κ3) is 2.71. The highest BCUT2D eigenvalue weighted by Gasteiger charge is 2.41. The first-order valence-electron chi connectivity index (χ1n) is 8.08. The first kappa shape index (κ1) is 16.0. The van der Waals surface area contributed by atoms with Gasteiger partial charge in [-0.1, -0.05) is 12.2 Å². The molecule has 0 radical (unpaired) electrons. The van der Waals surface area contributed by atoms with Crippen molar-refractivity contribution in [3.63, 3.8) is 0 Å². The lowest BCUT2D eigenvalue weighted by Gasteiger charge is -2.23. The molecule has 0 spiro atoms. The number of benzene rings is 1. The summed E-state index contributed by atoms with van der Waals surface area (Å²) in [6, 6.07) is 8.97. The number of hydrogen-bond acceptors (Lipinski definition) is 0. The Labute approximate surface area is 151 Å². The molecular weight excluding hydrogens is 381 g/mol. The maximum absolute atomic E-state index is 2.44. The molecule has 2 fully saturated rings. The minimum atomic E-state index is 0. The zero-order valence-corrected chi connectivity index (χ0v) is 15.8. The molecule has 1 nitrogen and oxygen atoms in total. The van der Waals surface area contributed by atoms with E-state index in [0.29, 0.717) is 0 Å². The van der Waals surface area contributed by atoms with Gasteiger partial charge in [0.05, 0.1) is 21.1 Å². The van der Waals surface area contributed by atoms with Crippen LogP contribution in [0.25, 0.3) is 6.08 Å². The van der Waals surface area contributed by atoms with E-state index in [1.807, 2.05) is 0 Å². The molecule has 3 aliphatic carbocycles. The molecular formula is C20H24IN. The van der Waals surface area contributed by atoms with Crippen LogP contribution < -0.4 is 28.5 Å². The van der Waals surface area contributed by atoms with Crippen molar-refractivity contribution in [2.24, 2.45) is 11.8 Å². The molecule has 0 saturated heterocycles. The van der Waals surface area contributed by atoms with Crippen molar-refractivity contribution < 1.29 is 24.0 Å². The molecule has 0 aromatic heterocycles.